The molecule has 49 heavy (non-hydrogen) atoms. The number of carbonyl (C=O) groups is 1. The largest absolute Gasteiger partial charge is 0.510 e. The van der Waals surface area contributed by atoms with Crippen LogP contribution in [0.1, 0.15) is 124 Å². The second-order valence-electron chi connectivity index (χ2n) is 15.7. The minimum atomic E-state index is -0.142. The van der Waals surface area contributed by atoms with Gasteiger partial charge in [-0.25, -0.2) is 9.69 Å². The van der Waals surface area contributed by atoms with Gasteiger partial charge in [-0.15, -0.1) is 0 Å². The Labute approximate surface area is 296 Å². The maximum Gasteiger partial charge on any atom is 0.220 e. The molecule has 0 radical (unpaired) electrons. The predicted molar refractivity (Wildman–Crippen MR) is 192 cm³/mol. The van der Waals surface area contributed by atoms with E-state index < -0.39 is 0 Å². The van der Waals surface area contributed by atoms with E-state index in [0.29, 0.717) is 41.9 Å². The third-order valence-corrected chi connectivity index (χ3v) is 13.3. The smallest absolute Gasteiger partial charge is 0.220 e. The predicted octanol–water partition coefficient (Wildman–Crippen LogP) is 9.73. The van der Waals surface area contributed by atoms with Crippen LogP contribution in [-0.4, -0.2) is 30.8 Å². The molecule has 268 valence electrons. The number of ether oxygens (including phenoxy) is 3. The first-order valence-electron chi connectivity index (χ1n) is 19.0. The van der Waals surface area contributed by atoms with Gasteiger partial charge in [0.05, 0.1) is 50.2 Å². The quantitative estimate of drug-likeness (QED) is 0.0719. The molecule has 8 heteroatoms. The molecular formula is C41H60N4O4. The average Bonchev–Trinajstić information content (AvgIpc) is 3.45. The number of rotatable bonds is 17. The number of hydrogen-bond donors (Lipinski definition) is 1. The van der Waals surface area contributed by atoms with Crippen molar-refractivity contribution >= 4 is 5.91 Å². The number of allylic oxidation sites excluding steroid dienone is 1. The van der Waals surface area contributed by atoms with Crippen molar-refractivity contribution in [2.24, 2.45) is 46.3 Å². The highest BCUT2D eigenvalue weighted by Gasteiger charge is 2.67. The summed E-state index contributed by atoms with van der Waals surface area (Å²) in [6, 6.07) is 2.10. The first kappa shape index (κ1) is 38.4. The van der Waals surface area contributed by atoms with Gasteiger partial charge in [-0.1, -0.05) is 59.8 Å². The third kappa shape index (κ3) is 9.03. The van der Waals surface area contributed by atoms with Gasteiger partial charge in [-0.3, -0.25) is 4.79 Å². The van der Waals surface area contributed by atoms with E-state index in [1.165, 1.54) is 56.8 Å². The van der Waals surface area contributed by atoms with Gasteiger partial charge in [0, 0.05) is 24.3 Å². The molecule has 0 aromatic rings. The molecule has 0 aromatic heterocycles. The first-order chi connectivity index (χ1) is 23.7. The molecule has 4 rings (SSSR count). The van der Waals surface area contributed by atoms with Gasteiger partial charge in [-0.2, -0.15) is 5.26 Å². The molecule has 1 amide bonds. The summed E-state index contributed by atoms with van der Waals surface area (Å²) in [5.41, 5.74) is -0.0619. The number of nitriles is 1. The van der Waals surface area contributed by atoms with Crippen molar-refractivity contribution in [2.75, 3.05) is 6.54 Å². The molecule has 0 bridgehead atoms. The van der Waals surface area contributed by atoms with Crippen LogP contribution < -0.4 is 5.32 Å². The zero-order chi connectivity index (χ0) is 35.3. The van der Waals surface area contributed by atoms with Crippen LogP contribution in [0.4, 0.5) is 0 Å². The fourth-order valence-corrected chi connectivity index (χ4v) is 10.8. The summed E-state index contributed by atoms with van der Waals surface area (Å²) in [5.74, 6) is 2.31. The first-order valence-corrected chi connectivity index (χ1v) is 19.0. The van der Waals surface area contributed by atoms with Crippen molar-refractivity contribution in [1.29, 1.82) is 5.26 Å². The monoisotopic (exact) mass is 672 g/mol. The number of fused-ring (bicyclic) bond motifs is 5. The molecule has 8 nitrogen and oxygen atoms in total. The molecule has 0 aromatic carbocycles. The van der Waals surface area contributed by atoms with E-state index in [0.717, 1.165) is 64.3 Å². The number of nitrogens with zero attached hydrogens (tertiary/aromatic N) is 3. The van der Waals surface area contributed by atoms with Gasteiger partial charge < -0.3 is 19.5 Å². The zero-order valence-corrected chi connectivity index (χ0v) is 30.4. The lowest BCUT2D eigenvalue weighted by Gasteiger charge is -2.64. The number of unbranched alkanes of at least 4 members (excludes halogenated alkanes) is 5. The molecule has 11 atom stereocenters. The topological polar surface area (TPSA) is 89.3 Å². The average molecular weight is 673 g/mol. The lowest BCUT2D eigenvalue weighted by atomic mass is 9.43. The number of carbonyl (C=O) groups excluding carboxylic acids is 1. The Morgan fingerprint density at radius 2 is 1.69 bits per heavy atom. The highest BCUT2D eigenvalue weighted by atomic mass is 16.5. The van der Waals surface area contributed by atoms with Crippen molar-refractivity contribution < 1.29 is 19.0 Å². The maximum atomic E-state index is 12.9. The molecule has 4 unspecified atom stereocenters. The van der Waals surface area contributed by atoms with Gasteiger partial charge in [0.2, 0.25) is 5.91 Å². The summed E-state index contributed by atoms with van der Waals surface area (Å²) in [4.78, 5) is 19.6. The van der Waals surface area contributed by atoms with Crippen LogP contribution in [-0.2, 0) is 19.0 Å². The molecule has 0 heterocycles. The summed E-state index contributed by atoms with van der Waals surface area (Å²) >= 11 is 0. The van der Waals surface area contributed by atoms with E-state index >= 15 is 0 Å². The van der Waals surface area contributed by atoms with E-state index in [9.17, 15) is 10.1 Å². The lowest BCUT2D eigenvalue weighted by molar-refractivity contribution is -0.209. The van der Waals surface area contributed by atoms with Gasteiger partial charge in [0.1, 0.15) is 12.2 Å². The number of nitrogens with one attached hydrogen (secondary N) is 1. The van der Waals surface area contributed by atoms with Crippen LogP contribution in [0.25, 0.3) is 9.69 Å². The van der Waals surface area contributed by atoms with Gasteiger partial charge >= 0.3 is 0 Å². The minimum absolute atomic E-state index is 0.0175. The molecule has 0 spiro atoms. The van der Waals surface area contributed by atoms with E-state index in [4.69, 9.17) is 27.4 Å². The van der Waals surface area contributed by atoms with Crippen LogP contribution >= 0.6 is 0 Å². The molecule has 1 N–H and O–H groups in total. The summed E-state index contributed by atoms with van der Waals surface area (Å²) in [6.45, 7) is 24.6. The van der Waals surface area contributed by atoms with Crippen LogP contribution in [0, 0.1) is 70.8 Å². The Bertz CT molecular complexity index is 1290. The SMILES string of the molecule is [C-]#[N+]C=CO[C@@H]1CC[C@@]2(C)C(CC(OC=CC#N)C3[C@@H]4CCC([C@@H](C)CCC(=O)NCCCCCCCC)[C@@]4(C)[C@@H](OC=C[N+]#[C-])C[C@@H]32)C1. The standard InChI is InChI=1S/C41H60N4O4/c1-7-8-9-10-11-12-21-45-38(46)17-14-30(2)33-15-16-34-39-35(29-37(41(33,34)4)49-26-23-44-6)40(3)19-18-32(47-25-22-43-5)27-31(40)28-36(39)48-24-13-20-42/h13,22-26,30-37,39H,7-12,14-19,21,27-29H2,1-4H3,(H,45,46)/t30-,31?,32+,33?,34-,35-,36?,37-,39?,40-,41+/m0/s1. The Kier molecular flexibility index (Phi) is 14.5. The highest BCUT2D eigenvalue weighted by Crippen LogP contribution is 2.69. The van der Waals surface area contributed by atoms with E-state index in [2.05, 4.69) is 48.8 Å². The Morgan fingerprint density at radius 3 is 2.43 bits per heavy atom. The van der Waals surface area contributed by atoms with Crippen molar-refractivity contribution in [1.82, 2.24) is 5.32 Å². The Morgan fingerprint density at radius 1 is 0.959 bits per heavy atom. The molecule has 4 fully saturated rings. The lowest BCUT2D eigenvalue weighted by Crippen LogP contribution is -2.63. The summed E-state index contributed by atoms with van der Waals surface area (Å²) < 4.78 is 19.1. The van der Waals surface area contributed by atoms with Crippen LogP contribution in [0.15, 0.2) is 37.3 Å². The maximum absolute atomic E-state index is 12.9. The summed E-state index contributed by atoms with van der Waals surface area (Å²) in [5, 5.41) is 12.4. The van der Waals surface area contributed by atoms with Gasteiger partial charge in [0.25, 0.3) is 0 Å². The van der Waals surface area contributed by atoms with Gasteiger partial charge in [-0.05, 0) is 92.8 Å². The van der Waals surface area contributed by atoms with E-state index in [1.807, 2.05) is 0 Å². The van der Waals surface area contributed by atoms with Crippen molar-refractivity contribution in [3.63, 3.8) is 0 Å². The highest BCUT2D eigenvalue weighted by molar-refractivity contribution is 5.75. The summed E-state index contributed by atoms with van der Waals surface area (Å²) in [6.07, 6.45) is 24.5. The molecule has 4 aliphatic carbocycles. The van der Waals surface area contributed by atoms with Crippen LogP contribution in [0.5, 0.6) is 0 Å². The molecule has 4 aliphatic rings. The normalized spacial score (nSPS) is 35.8. The van der Waals surface area contributed by atoms with Crippen molar-refractivity contribution in [2.45, 2.75) is 142 Å². The van der Waals surface area contributed by atoms with Gasteiger partial charge in [0.15, 0.2) is 12.4 Å². The fraction of sp³-hybridized carbons (Fsp3) is 0.756. The van der Waals surface area contributed by atoms with Crippen LogP contribution in [0.2, 0.25) is 0 Å². The zero-order valence-electron chi connectivity index (χ0n) is 30.4. The Balaban J connectivity index is 1.52. The number of hydrogen-bond acceptors (Lipinski definition) is 5. The third-order valence-electron chi connectivity index (χ3n) is 13.3. The Hall–Kier alpha value is -3.44. The summed E-state index contributed by atoms with van der Waals surface area (Å²) in [7, 11) is 0. The van der Waals surface area contributed by atoms with Crippen LogP contribution in [0.3, 0.4) is 0 Å². The minimum Gasteiger partial charge on any atom is -0.510 e. The van der Waals surface area contributed by atoms with Crippen molar-refractivity contribution in [3.8, 4) is 6.07 Å². The fourth-order valence-electron chi connectivity index (χ4n) is 10.8. The number of amides is 1. The molecular weight excluding hydrogens is 612 g/mol. The molecule has 0 aliphatic heterocycles. The molecule has 4 saturated carbocycles. The van der Waals surface area contributed by atoms with E-state index in [-0.39, 0.29) is 35.0 Å². The van der Waals surface area contributed by atoms with Crippen molar-refractivity contribution in [3.05, 3.63) is 60.1 Å². The second kappa shape index (κ2) is 18.5. The van der Waals surface area contributed by atoms with E-state index in [1.54, 1.807) is 12.5 Å². The second-order valence-corrected chi connectivity index (χ2v) is 15.7. The molecule has 0 saturated heterocycles.